The molecule has 2 heteroatoms. The molecule has 0 bridgehead atoms. The number of hydrogen-bond acceptors (Lipinski definition) is 1. The summed E-state index contributed by atoms with van der Waals surface area (Å²) in [7, 11) is 0. The Morgan fingerprint density at radius 2 is 2.38 bits per heavy atom. The minimum Gasteiger partial charge on any atom is -0.386 e. The van der Waals surface area contributed by atoms with Gasteiger partial charge in [-0.2, -0.15) is 0 Å². The highest BCUT2D eigenvalue weighted by Gasteiger charge is 2.10. The molecule has 0 aromatic carbocycles. The highest BCUT2D eigenvalue weighted by Crippen LogP contribution is 2.02. The highest BCUT2D eigenvalue weighted by molar-refractivity contribution is 4.83. The van der Waals surface area contributed by atoms with E-state index in [1.54, 1.807) is 6.92 Å². The fraction of sp³-hybridized carbons (Fsp3) is 0.667. The van der Waals surface area contributed by atoms with E-state index in [4.69, 9.17) is 5.11 Å². The van der Waals surface area contributed by atoms with Crippen LogP contribution >= 0.6 is 0 Å². The summed E-state index contributed by atoms with van der Waals surface area (Å²) in [6.07, 6.45) is -0.589. The molecule has 0 unspecified atom stereocenters. The van der Waals surface area contributed by atoms with Gasteiger partial charge in [-0.15, -0.1) is 6.58 Å². The van der Waals surface area contributed by atoms with Gasteiger partial charge in [-0.25, -0.2) is 4.39 Å². The molecule has 0 spiro atoms. The van der Waals surface area contributed by atoms with E-state index in [9.17, 15) is 4.39 Å². The Balaban J connectivity index is 3.44. The van der Waals surface area contributed by atoms with Crippen molar-refractivity contribution in [3.05, 3.63) is 12.7 Å². The minimum absolute atomic E-state index is 0.340. The SMILES string of the molecule is C=C[C@@H](O)[C@H](F)CC. The van der Waals surface area contributed by atoms with Gasteiger partial charge in [-0.3, -0.25) is 0 Å². The fourth-order valence-electron chi connectivity index (χ4n) is 0.389. The molecule has 48 valence electrons. The molecule has 0 saturated heterocycles. The van der Waals surface area contributed by atoms with E-state index in [2.05, 4.69) is 6.58 Å². The molecule has 0 saturated carbocycles. The van der Waals surface area contributed by atoms with Gasteiger partial charge < -0.3 is 5.11 Å². The Bertz CT molecular complexity index is 72.9. The first-order chi connectivity index (χ1) is 3.72. The molecule has 0 aromatic rings. The van der Waals surface area contributed by atoms with Gasteiger partial charge in [-0.05, 0) is 6.42 Å². The lowest BCUT2D eigenvalue weighted by molar-refractivity contribution is 0.113. The van der Waals surface area contributed by atoms with E-state index in [-0.39, 0.29) is 0 Å². The van der Waals surface area contributed by atoms with Crippen LogP contribution in [0.15, 0.2) is 12.7 Å². The van der Waals surface area contributed by atoms with Gasteiger partial charge in [0.05, 0.1) is 0 Å². The summed E-state index contributed by atoms with van der Waals surface area (Å²) >= 11 is 0. The van der Waals surface area contributed by atoms with E-state index in [1.807, 2.05) is 0 Å². The maximum absolute atomic E-state index is 12.2. The normalized spacial score (nSPS) is 17.4. The molecule has 0 aliphatic heterocycles. The van der Waals surface area contributed by atoms with Gasteiger partial charge in [0, 0.05) is 0 Å². The minimum atomic E-state index is -1.15. The number of aliphatic hydroxyl groups is 1. The Hall–Kier alpha value is -0.370. The van der Waals surface area contributed by atoms with Crippen molar-refractivity contribution in [1.29, 1.82) is 0 Å². The van der Waals surface area contributed by atoms with Crippen LogP contribution in [0, 0.1) is 0 Å². The molecule has 0 rings (SSSR count). The third kappa shape index (κ3) is 2.07. The summed E-state index contributed by atoms with van der Waals surface area (Å²) in [4.78, 5) is 0. The van der Waals surface area contributed by atoms with Crippen LogP contribution in [0.25, 0.3) is 0 Å². The van der Waals surface area contributed by atoms with E-state index in [0.717, 1.165) is 0 Å². The Kier molecular flexibility index (Phi) is 3.44. The van der Waals surface area contributed by atoms with E-state index in [0.29, 0.717) is 6.42 Å². The standard InChI is InChI=1S/C6H11FO/c1-3-5(7)6(8)4-2/h4-6,8H,2-3H2,1H3/t5-,6-/m1/s1. The predicted molar refractivity (Wildman–Crippen MR) is 31.4 cm³/mol. The zero-order chi connectivity index (χ0) is 6.57. The Labute approximate surface area is 48.8 Å². The third-order valence-electron chi connectivity index (χ3n) is 1.00. The molecule has 0 aromatic heterocycles. The molecule has 0 fully saturated rings. The lowest BCUT2D eigenvalue weighted by atomic mass is 10.2. The highest BCUT2D eigenvalue weighted by atomic mass is 19.1. The molecule has 1 N–H and O–H groups in total. The number of rotatable bonds is 3. The molecule has 0 heterocycles. The van der Waals surface area contributed by atoms with Crippen LogP contribution in [-0.2, 0) is 0 Å². The van der Waals surface area contributed by atoms with Crippen molar-refractivity contribution in [3.63, 3.8) is 0 Å². The Morgan fingerprint density at radius 3 is 2.50 bits per heavy atom. The summed E-state index contributed by atoms with van der Waals surface area (Å²) in [5, 5.41) is 8.63. The van der Waals surface area contributed by atoms with E-state index >= 15 is 0 Å². The summed E-state index contributed by atoms with van der Waals surface area (Å²) < 4.78 is 12.2. The summed E-state index contributed by atoms with van der Waals surface area (Å²) in [5.41, 5.74) is 0. The number of alkyl halides is 1. The first-order valence-electron chi connectivity index (χ1n) is 2.67. The summed E-state index contributed by atoms with van der Waals surface area (Å²) in [6.45, 7) is 4.92. The van der Waals surface area contributed by atoms with Crippen molar-refractivity contribution in [1.82, 2.24) is 0 Å². The van der Waals surface area contributed by atoms with Crippen molar-refractivity contribution in [2.24, 2.45) is 0 Å². The molecule has 1 nitrogen and oxygen atoms in total. The molecule has 0 aliphatic carbocycles. The van der Waals surface area contributed by atoms with Gasteiger partial charge in [0.25, 0.3) is 0 Å². The smallest absolute Gasteiger partial charge is 0.129 e. The van der Waals surface area contributed by atoms with Crippen LogP contribution in [0.5, 0.6) is 0 Å². The molecule has 8 heavy (non-hydrogen) atoms. The second-order valence-corrected chi connectivity index (χ2v) is 1.65. The van der Waals surface area contributed by atoms with E-state index < -0.39 is 12.3 Å². The number of halogens is 1. The first-order valence-corrected chi connectivity index (χ1v) is 2.67. The maximum atomic E-state index is 12.2. The maximum Gasteiger partial charge on any atom is 0.129 e. The second-order valence-electron chi connectivity index (χ2n) is 1.65. The lowest BCUT2D eigenvalue weighted by Gasteiger charge is -2.06. The van der Waals surface area contributed by atoms with Crippen LogP contribution in [-0.4, -0.2) is 17.4 Å². The molecular weight excluding hydrogens is 107 g/mol. The zero-order valence-corrected chi connectivity index (χ0v) is 4.97. The van der Waals surface area contributed by atoms with Gasteiger partial charge in [-0.1, -0.05) is 13.0 Å². The monoisotopic (exact) mass is 118 g/mol. The van der Waals surface area contributed by atoms with Crippen molar-refractivity contribution < 1.29 is 9.50 Å². The summed E-state index contributed by atoms with van der Waals surface area (Å²) in [5.74, 6) is 0. The van der Waals surface area contributed by atoms with Crippen LogP contribution < -0.4 is 0 Å². The van der Waals surface area contributed by atoms with Crippen LogP contribution in [0.3, 0.4) is 0 Å². The predicted octanol–water partition coefficient (Wildman–Crippen LogP) is 1.28. The molecule has 0 radical (unpaired) electrons. The van der Waals surface area contributed by atoms with Gasteiger partial charge in [0.15, 0.2) is 0 Å². The van der Waals surface area contributed by atoms with Crippen molar-refractivity contribution in [2.45, 2.75) is 25.6 Å². The molecule has 2 atom stereocenters. The van der Waals surface area contributed by atoms with Crippen LogP contribution in [0.2, 0.25) is 0 Å². The van der Waals surface area contributed by atoms with Gasteiger partial charge in [0.1, 0.15) is 12.3 Å². The van der Waals surface area contributed by atoms with Crippen molar-refractivity contribution >= 4 is 0 Å². The van der Waals surface area contributed by atoms with Crippen LogP contribution in [0.1, 0.15) is 13.3 Å². The van der Waals surface area contributed by atoms with Crippen LogP contribution in [0.4, 0.5) is 4.39 Å². The van der Waals surface area contributed by atoms with E-state index in [1.165, 1.54) is 6.08 Å². The molecule has 0 amide bonds. The average Bonchev–Trinajstić information content (AvgIpc) is 1.84. The largest absolute Gasteiger partial charge is 0.386 e. The van der Waals surface area contributed by atoms with Gasteiger partial charge >= 0.3 is 0 Å². The van der Waals surface area contributed by atoms with Crippen molar-refractivity contribution in [3.8, 4) is 0 Å². The van der Waals surface area contributed by atoms with Crippen molar-refractivity contribution in [2.75, 3.05) is 0 Å². The summed E-state index contributed by atoms with van der Waals surface area (Å²) in [6, 6.07) is 0. The quantitative estimate of drug-likeness (QED) is 0.553. The lowest BCUT2D eigenvalue weighted by Crippen LogP contribution is -2.17. The Morgan fingerprint density at radius 1 is 1.88 bits per heavy atom. The number of hydrogen-bond donors (Lipinski definition) is 1. The topological polar surface area (TPSA) is 20.2 Å². The first kappa shape index (κ1) is 7.63. The average molecular weight is 118 g/mol. The fourth-order valence-corrected chi connectivity index (χ4v) is 0.389. The molecular formula is C6H11FO. The number of aliphatic hydroxyl groups excluding tert-OH is 1. The van der Waals surface area contributed by atoms with Gasteiger partial charge in [0.2, 0.25) is 0 Å². The second kappa shape index (κ2) is 3.61. The third-order valence-corrected chi connectivity index (χ3v) is 1.00. The molecule has 0 aliphatic rings. The zero-order valence-electron chi connectivity index (χ0n) is 4.97.